The van der Waals surface area contributed by atoms with E-state index in [4.69, 9.17) is 4.74 Å². The Morgan fingerprint density at radius 2 is 2.07 bits per heavy atom. The number of aliphatic hydroxyl groups is 1. The van der Waals surface area contributed by atoms with Crippen molar-refractivity contribution >= 4 is 23.2 Å². The van der Waals surface area contributed by atoms with Crippen LogP contribution in [0.5, 0.6) is 0 Å². The van der Waals surface area contributed by atoms with Crippen molar-refractivity contribution in [3.05, 3.63) is 53.7 Å². The summed E-state index contributed by atoms with van der Waals surface area (Å²) in [6.45, 7) is 4.96. The van der Waals surface area contributed by atoms with Gasteiger partial charge in [0.05, 0.1) is 24.4 Å². The summed E-state index contributed by atoms with van der Waals surface area (Å²) in [4.78, 5) is 19.6. The molecule has 0 radical (unpaired) electrons. The average molecular weight is 409 g/mol. The van der Waals surface area contributed by atoms with E-state index >= 15 is 0 Å². The Labute approximate surface area is 175 Å². The molecule has 0 unspecified atom stereocenters. The predicted molar refractivity (Wildman–Crippen MR) is 115 cm³/mol. The summed E-state index contributed by atoms with van der Waals surface area (Å²) in [5.74, 6) is 1.10. The molecular formula is C22H27N5O3. The highest BCUT2D eigenvalue weighted by Gasteiger charge is 2.27. The fourth-order valence-electron chi connectivity index (χ4n) is 3.89. The zero-order valence-corrected chi connectivity index (χ0v) is 17.5. The van der Waals surface area contributed by atoms with Gasteiger partial charge in [-0.2, -0.15) is 9.61 Å². The van der Waals surface area contributed by atoms with E-state index in [-0.39, 0.29) is 11.9 Å². The second kappa shape index (κ2) is 8.04. The largest absolute Gasteiger partial charge is 0.386 e. The number of aromatic nitrogens is 3. The third-order valence-corrected chi connectivity index (χ3v) is 5.47. The fraction of sp³-hybridized carbons (Fsp3) is 0.409. The van der Waals surface area contributed by atoms with E-state index in [0.717, 1.165) is 30.8 Å². The number of nitrogens with zero attached hydrogens (tertiary/aromatic N) is 4. The van der Waals surface area contributed by atoms with Gasteiger partial charge in [0.2, 0.25) is 0 Å². The molecular weight excluding hydrogens is 382 g/mol. The molecule has 0 spiro atoms. The van der Waals surface area contributed by atoms with Crippen LogP contribution in [0.25, 0.3) is 5.65 Å². The number of rotatable bonds is 6. The summed E-state index contributed by atoms with van der Waals surface area (Å²) in [6, 6.07) is 10.9. The van der Waals surface area contributed by atoms with E-state index in [9.17, 15) is 9.90 Å². The number of hydrogen-bond acceptors (Lipinski definition) is 6. The molecule has 1 saturated heterocycles. The van der Waals surface area contributed by atoms with Crippen LogP contribution >= 0.6 is 0 Å². The molecule has 8 heteroatoms. The molecule has 1 fully saturated rings. The van der Waals surface area contributed by atoms with E-state index in [1.807, 2.05) is 12.1 Å². The number of nitrogens with one attached hydrogen (secondary N) is 1. The topological polar surface area (TPSA) is 92.0 Å². The number of hydrogen-bond donors (Lipinski definition) is 2. The monoisotopic (exact) mass is 409 g/mol. The van der Waals surface area contributed by atoms with Crippen molar-refractivity contribution in [2.45, 2.75) is 38.3 Å². The number of amides is 1. The maximum absolute atomic E-state index is 12.8. The smallest absolute Gasteiger partial charge is 0.256 e. The third-order valence-electron chi connectivity index (χ3n) is 5.47. The van der Waals surface area contributed by atoms with Gasteiger partial charge < -0.3 is 20.1 Å². The van der Waals surface area contributed by atoms with Crippen molar-refractivity contribution in [1.29, 1.82) is 0 Å². The molecule has 1 aliphatic heterocycles. The predicted octanol–water partition coefficient (Wildman–Crippen LogP) is 2.82. The van der Waals surface area contributed by atoms with Gasteiger partial charge in [-0.3, -0.25) is 4.79 Å². The summed E-state index contributed by atoms with van der Waals surface area (Å²) in [5.41, 5.74) is 0.965. The molecule has 4 rings (SSSR count). The second-order valence-electron chi connectivity index (χ2n) is 8.14. The normalized spacial score (nSPS) is 16.9. The van der Waals surface area contributed by atoms with Crippen LogP contribution in [0.15, 0.2) is 42.6 Å². The maximum Gasteiger partial charge on any atom is 0.256 e. The summed E-state index contributed by atoms with van der Waals surface area (Å²) in [6.07, 6.45) is 3.83. The first-order valence-corrected chi connectivity index (χ1v) is 10.1. The molecule has 1 atom stereocenters. The van der Waals surface area contributed by atoms with Gasteiger partial charge in [-0.15, -0.1) is 0 Å². The molecule has 30 heavy (non-hydrogen) atoms. The number of carbonyl (C=O) groups is 1. The minimum Gasteiger partial charge on any atom is -0.386 e. The lowest BCUT2D eigenvalue weighted by molar-refractivity contribution is 0.0785. The standard InChI is InChI=1S/C22H27N5O3/c1-22(2,29)16-8-6-15(7-9-16)21(28)25-18-13-20(27-19(24-18)10-11-23-27)26-12-4-5-17(26)14-30-3/h6-11,13,17,29H,4-5,12,14H2,1-3H3,(H,24,25,28)/t17-/m1/s1. The Morgan fingerprint density at radius 1 is 1.30 bits per heavy atom. The molecule has 2 aromatic heterocycles. The van der Waals surface area contributed by atoms with Crippen LogP contribution in [0, 0.1) is 0 Å². The molecule has 1 amide bonds. The lowest BCUT2D eigenvalue weighted by Crippen LogP contribution is -2.34. The van der Waals surface area contributed by atoms with E-state index in [1.54, 1.807) is 55.9 Å². The molecule has 2 N–H and O–H groups in total. The molecule has 3 heterocycles. The van der Waals surface area contributed by atoms with Crippen molar-refractivity contribution in [3.8, 4) is 0 Å². The molecule has 3 aromatic rings. The molecule has 0 aliphatic carbocycles. The zero-order valence-electron chi connectivity index (χ0n) is 17.5. The van der Waals surface area contributed by atoms with Crippen molar-refractivity contribution in [2.75, 3.05) is 30.5 Å². The van der Waals surface area contributed by atoms with Crippen LogP contribution < -0.4 is 10.2 Å². The van der Waals surface area contributed by atoms with Crippen molar-refractivity contribution in [3.63, 3.8) is 0 Å². The van der Waals surface area contributed by atoms with Gasteiger partial charge in [0, 0.05) is 31.4 Å². The fourth-order valence-corrected chi connectivity index (χ4v) is 3.89. The van der Waals surface area contributed by atoms with Gasteiger partial charge in [-0.1, -0.05) is 12.1 Å². The summed E-state index contributed by atoms with van der Waals surface area (Å²) >= 11 is 0. The van der Waals surface area contributed by atoms with Crippen LogP contribution in [0.1, 0.15) is 42.6 Å². The van der Waals surface area contributed by atoms with Gasteiger partial charge in [0.15, 0.2) is 5.65 Å². The Bertz CT molecular complexity index is 1040. The minimum absolute atomic E-state index is 0.255. The van der Waals surface area contributed by atoms with Crippen molar-refractivity contribution in [2.24, 2.45) is 0 Å². The Kier molecular flexibility index (Phi) is 5.44. The van der Waals surface area contributed by atoms with Gasteiger partial charge in [0.1, 0.15) is 11.6 Å². The molecule has 1 aromatic carbocycles. The van der Waals surface area contributed by atoms with Crippen LogP contribution in [-0.4, -0.2) is 51.9 Å². The first kappa shape index (κ1) is 20.3. The SMILES string of the molecule is COC[C@H]1CCCN1c1cc(NC(=O)c2ccc(C(C)(C)O)cc2)nc2ccnn12. The Hall–Kier alpha value is -2.97. The van der Waals surface area contributed by atoms with Crippen LogP contribution in [0.4, 0.5) is 11.6 Å². The highest BCUT2D eigenvalue weighted by molar-refractivity contribution is 6.04. The third kappa shape index (κ3) is 4.01. The van der Waals surface area contributed by atoms with E-state index in [1.165, 1.54) is 0 Å². The number of ether oxygens (including phenoxy) is 1. The van der Waals surface area contributed by atoms with E-state index < -0.39 is 5.60 Å². The molecule has 0 saturated carbocycles. The van der Waals surface area contributed by atoms with Crippen LogP contribution in [0.3, 0.4) is 0 Å². The number of carbonyl (C=O) groups excluding carboxylic acids is 1. The highest BCUT2D eigenvalue weighted by atomic mass is 16.5. The summed E-state index contributed by atoms with van der Waals surface area (Å²) < 4.78 is 7.18. The number of fused-ring (bicyclic) bond motifs is 1. The highest BCUT2D eigenvalue weighted by Crippen LogP contribution is 2.28. The molecule has 8 nitrogen and oxygen atoms in total. The van der Waals surface area contributed by atoms with Crippen LogP contribution in [-0.2, 0) is 10.3 Å². The number of benzene rings is 1. The van der Waals surface area contributed by atoms with Crippen molar-refractivity contribution < 1.29 is 14.6 Å². The first-order chi connectivity index (χ1) is 14.4. The van der Waals surface area contributed by atoms with Gasteiger partial charge in [-0.05, 0) is 44.4 Å². The van der Waals surface area contributed by atoms with E-state index in [2.05, 4.69) is 20.3 Å². The van der Waals surface area contributed by atoms with Crippen molar-refractivity contribution in [1.82, 2.24) is 14.6 Å². The lowest BCUT2D eigenvalue weighted by atomic mass is 9.97. The average Bonchev–Trinajstić information content (AvgIpc) is 3.36. The Balaban J connectivity index is 1.61. The number of anilines is 2. The summed E-state index contributed by atoms with van der Waals surface area (Å²) in [7, 11) is 1.71. The zero-order chi connectivity index (χ0) is 21.3. The van der Waals surface area contributed by atoms with Crippen LogP contribution in [0.2, 0.25) is 0 Å². The second-order valence-corrected chi connectivity index (χ2v) is 8.14. The minimum atomic E-state index is -0.951. The molecule has 1 aliphatic rings. The van der Waals surface area contributed by atoms with E-state index in [0.29, 0.717) is 23.6 Å². The first-order valence-electron chi connectivity index (χ1n) is 10.1. The van der Waals surface area contributed by atoms with Gasteiger partial charge in [0.25, 0.3) is 5.91 Å². The molecule has 0 bridgehead atoms. The lowest BCUT2D eigenvalue weighted by Gasteiger charge is -2.26. The Morgan fingerprint density at radius 3 is 2.77 bits per heavy atom. The quantitative estimate of drug-likeness (QED) is 0.650. The van der Waals surface area contributed by atoms with Gasteiger partial charge in [-0.25, -0.2) is 4.98 Å². The molecule has 158 valence electrons. The summed E-state index contributed by atoms with van der Waals surface area (Å²) in [5, 5.41) is 17.4. The van der Waals surface area contributed by atoms with Gasteiger partial charge >= 0.3 is 0 Å². The maximum atomic E-state index is 12.8. The number of methoxy groups -OCH3 is 1.